The van der Waals surface area contributed by atoms with Crippen molar-refractivity contribution in [2.75, 3.05) is 53.4 Å². The van der Waals surface area contributed by atoms with Crippen molar-refractivity contribution in [3.63, 3.8) is 0 Å². The Bertz CT molecular complexity index is 316. The fraction of sp³-hybridized carbons (Fsp3) is 0.941. The molecule has 5 heteroatoms. The second-order valence-electron chi connectivity index (χ2n) is 7.01. The van der Waals surface area contributed by atoms with Gasteiger partial charge in [-0.05, 0) is 52.2 Å². The van der Waals surface area contributed by atoms with Gasteiger partial charge in [0, 0.05) is 39.3 Å². The molecular formula is C17H37N5. The van der Waals surface area contributed by atoms with E-state index in [1.54, 1.807) is 0 Å². The second kappa shape index (κ2) is 10.8. The van der Waals surface area contributed by atoms with Crippen LogP contribution in [0, 0.1) is 5.92 Å². The Morgan fingerprint density at radius 2 is 1.86 bits per heavy atom. The SMILES string of the molecule is CN=C(NCCN1CCCN(C)CC1)NC(C)CCC(C)C. The normalized spacial score (nSPS) is 20.0. The molecule has 0 radical (unpaired) electrons. The van der Waals surface area contributed by atoms with Gasteiger partial charge in [0.15, 0.2) is 5.96 Å². The van der Waals surface area contributed by atoms with E-state index in [2.05, 4.69) is 53.2 Å². The first-order valence-electron chi connectivity index (χ1n) is 8.89. The number of rotatable bonds is 7. The first kappa shape index (κ1) is 19.2. The maximum Gasteiger partial charge on any atom is 0.191 e. The average molecular weight is 312 g/mol. The van der Waals surface area contributed by atoms with Crippen molar-refractivity contribution in [3.05, 3.63) is 0 Å². The largest absolute Gasteiger partial charge is 0.355 e. The minimum atomic E-state index is 0.473. The molecule has 0 aliphatic carbocycles. The molecule has 1 atom stereocenters. The van der Waals surface area contributed by atoms with Crippen LogP contribution in [-0.2, 0) is 0 Å². The van der Waals surface area contributed by atoms with Gasteiger partial charge < -0.3 is 20.4 Å². The van der Waals surface area contributed by atoms with Crippen LogP contribution in [0.3, 0.4) is 0 Å². The van der Waals surface area contributed by atoms with Gasteiger partial charge in [0.2, 0.25) is 0 Å². The van der Waals surface area contributed by atoms with Gasteiger partial charge in [0.05, 0.1) is 0 Å². The van der Waals surface area contributed by atoms with Gasteiger partial charge in [-0.2, -0.15) is 0 Å². The lowest BCUT2D eigenvalue weighted by Crippen LogP contribution is -2.45. The highest BCUT2D eigenvalue weighted by Crippen LogP contribution is 2.06. The van der Waals surface area contributed by atoms with Gasteiger partial charge >= 0.3 is 0 Å². The quantitative estimate of drug-likeness (QED) is 0.554. The van der Waals surface area contributed by atoms with E-state index >= 15 is 0 Å². The van der Waals surface area contributed by atoms with E-state index in [1.807, 2.05) is 7.05 Å². The van der Waals surface area contributed by atoms with E-state index in [0.717, 1.165) is 25.0 Å². The topological polar surface area (TPSA) is 42.9 Å². The Morgan fingerprint density at radius 3 is 2.55 bits per heavy atom. The summed E-state index contributed by atoms with van der Waals surface area (Å²) in [6.45, 7) is 13.6. The van der Waals surface area contributed by atoms with E-state index < -0.39 is 0 Å². The highest BCUT2D eigenvalue weighted by molar-refractivity contribution is 5.79. The number of guanidine groups is 1. The Kier molecular flexibility index (Phi) is 9.48. The monoisotopic (exact) mass is 311 g/mol. The maximum absolute atomic E-state index is 4.34. The molecule has 5 nitrogen and oxygen atoms in total. The highest BCUT2D eigenvalue weighted by Gasteiger charge is 2.12. The predicted molar refractivity (Wildman–Crippen MR) is 96.6 cm³/mol. The smallest absolute Gasteiger partial charge is 0.191 e. The number of nitrogens with one attached hydrogen (secondary N) is 2. The number of aliphatic imine (C=N–C) groups is 1. The molecule has 1 heterocycles. The lowest BCUT2D eigenvalue weighted by atomic mass is 10.0. The zero-order valence-electron chi connectivity index (χ0n) is 15.4. The molecule has 0 aromatic carbocycles. The summed E-state index contributed by atoms with van der Waals surface area (Å²) in [5.41, 5.74) is 0. The van der Waals surface area contributed by atoms with E-state index in [4.69, 9.17) is 0 Å². The third-order valence-corrected chi connectivity index (χ3v) is 4.32. The van der Waals surface area contributed by atoms with Gasteiger partial charge in [-0.3, -0.25) is 4.99 Å². The predicted octanol–water partition coefficient (Wildman–Crippen LogP) is 1.61. The fourth-order valence-electron chi connectivity index (χ4n) is 2.74. The molecule has 22 heavy (non-hydrogen) atoms. The molecule has 1 fully saturated rings. The molecule has 0 bridgehead atoms. The van der Waals surface area contributed by atoms with Crippen molar-refractivity contribution >= 4 is 5.96 Å². The van der Waals surface area contributed by atoms with E-state index in [0.29, 0.717) is 6.04 Å². The summed E-state index contributed by atoms with van der Waals surface area (Å²) in [7, 11) is 4.07. The molecule has 0 spiro atoms. The van der Waals surface area contributed by atoms with E-state index in [1.165, 1.54) is 45.4 Å². The Balaban J connectivity index is 2.20. The zero-order chi connectivity index (χ0) is 16.4. The molecular weight excluding hydrogens is 274 g/mol. The summed E-state index contributed by atoms with van der Waals surface area (Å²) in [5, 5.41) is 6.94. The molecule has 1 aliphatic heterocycles. The van der Waals surface area contributed by atoms with E-state index in [9.17, 15) is 0 Å². The number of likely N-dealkylation sites (N-methyl/N-ethyl adjacent to an activating group) is 1. The summed E-state index contributed by atoms with van der Waals surface area (Å²) in [6, 6.07) is 0.473. The number of hydrogen-bond acceptors (Lipinski definition) is 3. The van der Waals surface area contributed by atoms with Crippen LogP contribution >= 0.6 is 0 Å². The Labute approximate surface area is 137 Å². The Hall–Kier alpha value is -0.810. The molecule has 0 saturated carbocycles. The van der Waals surface area contributed by atoms with Crippen LogP contribution in [0.15, 0.2) is 4.99 Å². The second-order valence-corrected chi connectivity index (χ2v) is 7.01. The number of hydrogen-bond donors (Lipinski definition) is 2. The minimum absolute atomic E-state index is 0.473. The van der Waals surface area contributed by atoms with Crippen molar-refractivity contribution in [1.82, 2.24) is 20.4 Å². The first-order valence-corrected chi connectivity index (χ1v) is 8.89. The standard InChI is InChI=1S/C17H37N5/c1-15(2)7-8-16(3)20-17(18-4)19-9-12-22-11-6-10-21(5)13-14-22/h15-16H,6-14H2,1-5H3,(H2,18,19,20). The molecule has 1 rings (SSSR count). The van der Waals surface area contributed by atoms with E-state index in [-0.39, 0.29) is 0 Å². The van der Waals surface area contributed by atoms with Gasteiger partial charge in [0.25, 0.3) is 0 Å². The molecule has 1 unspecified atom stereocenters. The van der Waals surface area contributed by atoms with Gasteiger partial charge in [0.1, 0.15) is 0 Å². The summed E-state index contributed by atoms with van der Waals surface area (Å²) in [6.07, 6.45) is 3.72. The van der Waals surface area contributed by atoms with Crippen LogP contribution in [0.5, 0.6) is 0 Å². The molecule has 130 valence electrons. The third kappa shape index (κ3) is 8.59. The molecule has 0 aromatic heterocycles. The van der Waals surface area contributed by atoms with Crippen LogP contribution in [0.25, 0.3) is 0 Å². The van der Waals surface area contributed by atoms with Crippen molar-refractivity contribution in [3.8, 4) is 0 Å². The van der Waals surface area contributed by atoms with Crippen molar-refractivity contribution in [1.29, 1.82) is 0 Å². The fourth-order valence-corrected chi connectivity index (χ4v) is 2.74. The lowest BCUT2D eigenvalue weighted by molar-refractivity contribution is 0.279. The summed E-state index contributed by atoms with van der Waals surface area (Å²) in [5.74, 6) is 1.70. The Morgan fingerprint density at radius 1 is 1.09 bits per heavy atom. The summed E-state index contributed by atoms with van der Waals surface area (Å²) < 4.78 is 0. The third-order valence-electron chi connectivity index (χ3n) is 4.32. The van der Waals surface area contributed by atoms with Crippen LogP contribution < -0.4 is 10.6 Å². The first-order chi connectivity index (χ1) is 10.5. The lowest BCUT2D eigenvalue weighted by Gasteiger charge is -2.22. The molecule has 0 amide bonds. The van der Waals surface area contributed by atoms with Gasteiger partial charge in [-0.25, -0.2) is 0 Å². The van der Waals surface area contributed by atoms with Gasteiger partial charge in [-0.1, -0.05) is 13.8 Å². The van der Waals surface area contributed by atoms with Crippen LogP contribution in [0.1, 0.15) is 40.0 Å². The van der Waals surface area contributed by atoms with Crippen molar-refractivity contribution in [2.45, 2.75) is 46.1 Å². The average Bonchev–Trinajstić information content (AvgIpc) is 2.69. The zero-order valence-corrected chi connectivity index (χ0v) is 15.4. The van der Waals surface area contributed by atoms with Crippen LogP contribution in [0.4, 0.5) is 0 Å². The molecule has 2 N–H and O–H groups in total. The van der Waals surface area contributed by atoms with Gasteiger partial charge in [-0.15, -0.1) is 0 Å². The maximum atomic E-state index is 4.34. The molecule has 0 aromatic rings. The van der Waals surface area contributed by atoms with Crippen molar-refractivity contribution < 1.29 is 0 Å². The molecule has 1 aliphatic rings. The van der Waals surface area contributed by atoms with Crippen LogP contribution in [0.2, 0.25) is 0 Å². The van der Waals surface area contributed by atoms with Crippen LogP contribution in [-0.4, -0.2) is 75.2 Å². The summed E-state index contributed by atoms with van der Waals surface area (Å²) >= 11 is 0. The summed E-state index contributed by atoms with van der Waals surface area (Å²) in [4.78, 5) is 9.30. The molecule has 1 saturated heterocycles. The number of nitrogens with zero attached hydrogens (tertiary/aromatic N) is 3. The van der Waals surface area contributed by atoms with Crippen molar-refractivity contribution in [2.24, 2.45) is 10.9 Å². The minimum Gasteiger partial charge on any atom is -0.355 e. The highest BCUT2D eigenvalue weighted by atomic mass is 15.2.